The van der Waals surface area contributed by atoms with E-state index in [2.05, 4.69) is 10.6 Å². The maximum atomic E-state index is 12.3. The molecule has 1 aliphatic heterocycles. The number of fused-ring (bicyclic) bond motifs is 1. The van der Waals surface area contributed by atoms with Gasteiger partial charge in [0.15, 0.2) is 0 Å². The lowest BCUT2D eigenvalue weighted by Gasteiger charge is -2.31. The van der Waals surface area contributed by atoms with E-state index in [9.17, 15) is 14.4 Å². The Morgan fingerprint density at radius 1 is 1.12 bits per heavy atom. The first-order valence-corrected chi connectivity index (χ1v) is 8.83. The van der Waals surface area contributed by atoms with E-state index in [0.29, 0.717) is 18.8 Å². The Hall–Kier alpha value is -2.37. The summed E-state index contributed by atoms with van der Waals surface area (Å²) < 4.78 is 0. The average molecular weight is 345 g/mol. The molecule has 0 aliphatic carbocycles. The lowest BCUT2D eigenvalue weighted by molar-refractivity contribution is -0.136. The molecule has 1 aromatic carbocycles. The zero-order valence-corrected chi connectivity index (χ0v) is 15.4. The van der Waals surface area contributed by atoms with Gasteiger partial charge in [0.2, 0.25) is 5.91 Å². The van der Waals surface area contributed by atoms with Crippen LogP contribution in [-0.4, -0.2) is 30.8 Å². The van der Waals surface area contributed by atoms with Crippen molar-refractivity contribution in [3.63, 3.8) is 0 Å². The van der Waals surface area contributed by atoms with Crippen molar-refractivity contribution in [2.24, 2.45) is 11.8 Å². The van der Waals surface area contributed by atoms with Crippen molar-refractivity contribution in [3.05, 3.63) is 23.8 Å². The number of aryl methyl sites for hydroxylation is 1. The van der Waals surface area contributed by atoms with E-state index < -0.39 is 11.8 Å². The molecule has 0 fully saturated rings. The van der Waals surface area contributed by atoms with Crippen LogP contribution in [0.15, 0.2) is 18.2 Å². The third kappa shape index (κ3) is 4.81. The van der Waals surface area contributed by atoms with Crippen molar-refractivity contribution in [1.82, 2.24) is 5.32 Å². The van der Waals surface area contributed by atoms with Gasteiger partial charge >= 0.3 is 11.8 Å². The van der Waals surface area contributed by atoms with Crippen molar-refractivity contribution in [3.8, 4) is 0 Å². The Morgan fingerprint density at radius 3 is 2.48 bits per heavy atom. The van der Waals surface area contributed by atoms with Crippen LogP contribution in [0.4, 0.5) is 11.4 Å². The van der Waals surface area contributed by atoms with Gasteiger partial charge in [-0.2, -0.15) is 0 Å². The Kier molecular flexibility index (Phi) is 6.17. The summed E-state index contributed by atoms with van der Waals surface area (Å²) in [5.74, 6) is -0.986. The number of hydrogen-bond donors (Lipinski definition) is 2. The minimum absolute atomic E-state index is 0.0602. The van der Waals surface area contributed by atoms with Crippen molar-refractivity contribution >= 4 is 29.1 Å². The highest BCUT2D eigenvalue weighted by Crippen LogP contribution is 2.30. The van der Waals surface area contributed by atoms with Gasteiger partial charge < -0.3 is 15.5 Å². The van der Waals surface area contributed by atoms with Crippen molar-refractivity contribution in [2.45, 2.75) is 40.5 Å². The number of benzene rings is 1. The first-order chi connectivity index (χ1) is 11.8. The third-order valence-corrected chi connectivity index (χ3v) is 4.09. The summed E-state index contributed by atoms with van der Waals surface area (Å²) in [6, 6.07) is 5.43. The molecule has 0 spiro atoms. The predicted molar refractivity (Wildman–Crippen MR) is 98.4 cm³/mol. The zero-order chi connectivity index (χ0) is 18.6. The van der Waals surface area contributed by atoms with Crippen molar-refractivity contribution < 1.29 is 14.4 Å². The highest BCUT2D eigenvalue weighted by atomic mass is 16.2. The summed E-state index contributed by atoms with van der Waals surface area (Å²) in [5.41, 5.74) is 2.48. The fourth-order valence-corrected chi connectivity index (χ4v) is 2.78. The summed E-state index contributed by atoms with van der Waals surface area (Å²) in [7, 11) is 0. The lowest BCUT2D eigenvalue weighted by Crippen LogP contribution is -2.38. The third-order valence-electron chi connectivity index (χ3n) is 4.09. The molecule has 3 amide bonds. The normalized spacial score (nSPS) is 13.6. The van der Waals surface area contributed by atoms with Crippen LogP contribution in [-0.2, 0) is 20.8 Å². The molecule has 1 aromatic rings. The van der Waals surface area contributed by atoms with Crippen LogP contribution in [0.2, 0.25) is 0 Å². The number of anilines is 2. The smallest absolute Gasteiger partial charge is 0.313 e. The molecule has 2 N–H and O–H groups in total. The second kappa shape index (κ2) is 8.14. The molecular weight excluding hydrogens is 318 g/mol. The summed E-state index contributed by atoms with van der Waals surface area (Å²) in [5, 5.41) is 5.22. The summed E-state index contributed by atoms with van der Waals surface area (Å²) >= 11 is 0. The second-order valence-electron chi connectivity index (χ2n) is 7.15. The van der Waals surface area contributed by atoms with Crippen molar-refractivity contribution in [1.29, 1.82) is 0 Å². The quantitative estimate of drug-likeness (QED) is 0.822. The number of rotatable bonds is 4. The lowest BCUT2D eigenvalue weighted by atomic mass is 9.99. The maximum Gasteiger partial charge on any atom is 0.313 e. The predicted octanol–water partition coefficient (Wildman–Crippen LogP) is 2.33. The maximum absolute atomic E-state index is 12.3. The molecule has 136 valence electrons. The Bertz CT molecular complexity index is 668. The highest BCUT2D eigenvalue weighted by Gasteiger charge is 2.24. The van der Waals surface area contributed by atoms with E-state index in [1.54, 1.807) is 6.07 Å². The first-order valence-electron chi connectivity index (χ1n) is 8.83. The molecule has 0 bridgehead atoms. The van der Waals surface area contributed by atoms with Gasteiger partial charge in [0.25, 0.3) is 0 Å². The zero-order valence-electron chi connectivity index (χ0n) is 15.4. The van der Waals surface area contributed by atoms with Gasteiger partial charge in [0.05, 0.1) is 0 Å². The summed E-state index contributed by atoms with van der Waals surface area (Å²) in [6.45, 7) is 8.88. The summed E-state index contributed by atoms with van der Waals surface area (Å²) in [4.78, 5) is 37.9. The van der Waals surface area contributed by atoms with Gasteiger partial charge in [-0.25, -0.2) is 0 Å². The summed E-state index contributed by atoms with van der Waals surface area (Å²) in [6.07, 6.45) is 1.73. The van der Waals surface area contributed by atoms with Crippen LogP contribution in [0, 0.1) is 11.8 Å². The Balaban J connectivity index is 2.09. The molecule has 2 rings (SSSR count). The number of hydrogen-bond acceptors (Lipinski definition) is 3. The molecule has 0 atom stereocenters. The fourth-order valence-electron chi connectivity index (χ4n) is 2.78. The fraction of sp³-hybridized carbons (Fsp3) is 0.526. The number of nitrogens with one attached hydrogen (secondary N) is 2. The molecule has 1 aliphatic rings. The number of nitrogens with zero attached hydrogens (tertiary/aromatic N) is 1. The molecule has 6 nitrogen and oxygen atoms in total. The van der Waals surface area contributed by atoms with Crippen LogP contribution in [0.3, 0.4) is 0 Å². The van der Waals surface area contributed by atoms with Gasteiger partial charge in [-0.3, -0.25) is 14.4 Å². The molecule has 0 saturated heterocycles. The van der Waals surface area contributed by atoms with E-state index in [4.69, 9.17) is 0 Å². The molecule has 0 radical (unpaired) electrons. The van der Waals surface area contributed by atoms with Crippen molar-refractivity contribution in [2.75, 3.05) is 23.3 Å². The molecule has 6 heteroatoms. The average Bonchev–Trinajstić information content (AvgIpc) is 2.57. The monoisotopic (exact) mass is 345 g/mol. The van der Waals surface area contributed by atoms with Gasteiger partial charge in [-0.15, -0.1) is 0 Å². The molecule has 0 aromatic heterocycles. The van der Waals surface area contributed by atoms with Crippen LogP contribution in [0.5, 0.6) is 0 Å². The van der Waals surface area contributed by atoms with Gasteiger partial charge in [0, 0.05) is 30.4 Å². The largest absolute Gasteiger partial charge is 0.348 e. The minimum atomic E-state index is -0.675. The van der Waals surface area contributed by atoms with E-state index in [1.165, 1.54) is 0 Å². The molecule has 1 heterocycles. The Morgan fingerprint density at radius 2 is 1.84 bits per heavy atom. The highest BCUT2D eigenvalue weighted by molar-refractivity contribution is 6.39. The van der Waals surface area contributed by atoms with Crippen LogP contribution in [0.1, 0.15) is 39.7 Å². The van der Waals surface area contributed by atoms with E-state index in [0.717, 1.165) is 24.1 Å². The van der Waals surface area contributed by atoms with Gasteiger partial charge in [0.1, 0.15) is 0 Å². The molecule has 0 unspecified atom stereocenters. The Labute approximate surface area is 149 Å². The molecular formula is C19H27N3O3. The molecule has 25 heavy (non-hydrogen) atoms. The van der Waals surface area contributed by atoms with E-state index in [1.807, 2.05) is 44.7 Å². The van der Waals surface area contributed by atoms with Crippen LogP contribution < -0.4 is 15.5 Å². The van der Waals surface area contributed by atoms with Gasteiger partial charge in [-0.05, 0) is 42.5 Å². The van der Waals surface area contributed by atoms with Gasteiger partial charge in [-0.1, -0.05) is 27.7 Å². The van der Waals surface area contributed by atoms with E-state index in [-0.39, 0.29) is 17.7 Å². The standard InChI is InChI=1S/C19H27N3O3/c1-12(2)11-20-17(23)18(24)21-15-7-8-16-14(10-15)6-5-9-22(16)19(25)13(3)4/h7-8,10,12-13H,5-6,9,11H2,1-4H3,(H,20,23)(H,21,24). The number of carbonyl (C=O) groups is 3. The first kappa shape index (κ1) is 19.0. The van der Waals surface area contributed by atoms with E-state index >= 15 is 0 Å². The van der Waals surface area contributed by atoms with Crippen LogP contribution in [0.25, 0.3) is 0 Å². The number of carbonyl (C=O) groups excluding carboxylic acids is 3. The number of amides is 3. The van der Waals surface area contributed by atoms with Crippen LogP contribution >= 0.6 is 0 Å². The second-order valence-corrected chi connectivity index (χ2v) is 7.15. The topological polar surface area (TPSA) is 78.5 Å². The SMILES string of the molecule is CC(C)CNC(=O)C(=O)Nc1ccc2c(c1)CCCN2C(=O)C(C)C. The molecule has 0 saturated carbocycles. The minimum Gasteiger partial charge on any atom is -0.348 e.